The van der Waals surface area contributed by atoms with Gasteiger partial charge in [0.05, 0.1) is 5.56 Å². The Labute approximate surface area is 118 Å². The SMILES string of the molecule is O=C(O)c1cccc(-c2cccc(C3CCCN3)c2)c1. The molecular weight excluding hydrogens is 250 g/mol. The van der Waals surface area contributed by atoms with Crippen molar-refractivity contribution in [1.82, 2.24) is 5.32 Å². The second-order valence-corrected chi connectivity index (χ2v) is 5.16. The number of aromatic carboxylic acids is 1. The lowest BCUT2D eigenvalue weighted by molar-refractivity contribution is 0.0697. The van der Waals surface area contributed by atoms with Gasteiger partial charge in [-0.3, -0.25) is 0 Å². The first-order chi connectivity index (χ1) is 9.74. The van der Waals surface area contributed by atoms with Crippen molar-refractivity contribution >= 4 is 5.97 Å². The van der Waals surface area contributed by atoms with E-state index in [0.29, 0.717) is 11.6 Å². The van der Waals surface area contributed by atoms with Crippen LogP contribution >= 0.6 is 0 Å². The first kappa shape index (κ1) is 12.9. The molecule has 1 heterocycles. The van der Waals surface area contributed by atoms with Gasteiger partial charge in [0.2, 0.25) is 0 Å². The molecule has 1 aliphatic heterocycles. The molecule has 0 radical (unpaired) electrons. The van der Waals surface area contributed by atoms with Gasteiger partial charge in [0, 0.05) is 6.04 Å². The Morgan fingerprint density at radius 3 is 2.55 bits per heavy atom. The van der Waals surface area contributed by atoms with Crippen LogP contribution < -0.4 is 5.32 Å². The van der Waals surface area contributed by atoms with E-state index in [1.54, 1.807) is 18.2 Å². The summed E-state index contributed by atoms with van der Waals surface area (Å²) in [5.74, 6) is -0.888. The third-order valence-corrected chi connectivity index (χ3v) is 3.79. The van der Waals surface area contributed by atoms with Crippen molar-refractivity contribution in [3.63, 3.8) is 0 Å². The van der Waals surface area contributed by atoms with Crippen LogP contribution in [0.5, 0.6) is 0 Å². The minimum Gasteiger partial charge on any atom is -0.478 e. The van der Waals surface area contributed by atoms with Crippen molar-refractivity contribution in [3.05, 3.63) is 59.7 Å². The molecule has 1 saturated heterocycles. The van der Waals surface area contributed by atoms with Crippen LogP contribution in [-0.4, -0.2) is 17.6 Å². The van der Waals surface area contributed by atoms with Crippen molar-refractivity contribution in [3.8, 4) is 11.1 Å². The second kappa shape index (κ2) is 5.47. The Bertz CT molecular complexity index is 630. The highest BCUT2D eigenvalue weighted by atomic mass is 16.4. The first-order valence-electron chi connectivity index (χ1n) is 6.91. The molecule has 0 aliphatic carbocycles. The predicted molar refractivity (Wildman–Crippen MR) is 78.8 cm³/mol. The van der Waals surface area contributed by atoms with E-state index in [1.165, 1.54) is 18.4 Å². The number of hydrogen-bond acceptors (Lipinski definition) is 2. The molecule has 0 spiro atoms. The summed E-state index contributed by atoms with van der Waals surface area (Å²) in [7, 11) is 0. The number of carboxylic acids is 1. The Morgan fingerprint density at radius 2 is 1.85 bits per heavy atom. The van der Waals surface area contributed by atoms with Crippen molar-refractivity contribution in [2.45, 2.75) is 18.9 Å². The largest absolute Gasteiger partial charge is 0.478 e. The van der Waals surface area contributed by atoms with Gasteiger partial charge in [0.15, 0.2) is 0 Å². The van der Waals surface area contributed by atoms with Crippen molar-refractivity contribution in [2.24, 2.45) is 0 Å². The van der Waals surface area contributed by atoms with E-state index in [4.69, 9.17) is 5.11 Å². The molecule has 2 aromatic rings. The van der Waals surface area contributed by atoms with Gasteiger partial charge >= 0.3 is 5.97 Å². The van der Waals surface area contributed by atoms with E-state index in [-0.39, 0.29) is 0 Å². The van der Waals surface area contributed by atoms with Gasteiger partial charge in [-0.2, -0.15) is 0 Å². The summed E-state index contributed by atoms with van der Waals surface area (Å²) in [6.07, 6.45) is 2.38. The summed E-state index contributed by atoms with van der Waals surface area (Å²) in [6.45, 7) is 1.07. The molecule has 102 valence electrons. The van der Waals surface area contributed by atoms with Crippen molar-refractivity contribution in [1.29, 1.82) is 0 Å². The molecule has 0 amide bonds. The van der Waals surface area contributed by atoms with Gasteiger partial charge in [-0.1, -0.05) is 30.3 Å². The molecule has 2 N–H and O–H groups in total. The van der Waals surface area contributed by atoms with Crippen LogP contribution in [0.2, 0.25) is 0 Å². The predicted octanol–water partition coefficient (Wildman–Crippen LogP) is 3.48. The number of rotatable bonds is 3. The van der Waals surface area contributed by atoms with Crippen molar-refractivity contribution in [2.75, 3.05) is 6.54 Å². The molecule has 0 saturated carbocycles. The van der Waals surface area contributed by atoms with Gasteiger partial charge in [-0.05, 0) is 54.3 Å². The van der Waals surface area contributed by atoms with Crippen LogP contribution in [0, 0.1) is 0 Å². The summed E-state index contributed by atoms with van der Waals surface area (Å²) >= 11 is 0. The lowest BCUT2D eigenvalue weighted by Crippen LogP contribution is -2.12. The zero-order valence-electron chi connectivity index (χ0n) is 11.2. The fourth-order valence-corrected chi connectivity index (χ4v) is 2.74. The molecule has 3 nitrogen and oxygen atoms in total. The third kappa shape index (κ3) is 2.58. The Kier molecular flexibility index (Phi) is 3.52. The summed E-state index contributed by atoms with van der Waals surface area (Å²) < 4.78 is 0. The van der Waals surface area contributed by atoms with Crippen LogP contribution in [0.3, 0.4) is 0 Å². The maximum absolute atomic E-state index is 11.1. The zero-order chi connectivity index (χ0) is 13.9. The molecular formula is C17H17NO2. The third-order valence-electron chi connectivity index (χ3n) is 3.79. The van der Waals surface area contributed by atoms with E-state index in [9.17, 15) is 4.79 Å². The molecule has 1 aliphatic rings. The first-order valence-corrected chi connectivity index (χ1v) is 6.91. The second-order valence-electron chi connectivity index (χ2n) is 5.16. The van der Waals surface area contributed by atoms with E-state index in [1.807, 2.05) is 18.2 Å². The van der Waals surface area contributed by atoms with E-state index >= 15 is 0 Å². The Balaban J connectivity index is 1.95. The van der Waals surface area contributed by atoms with Gasteiger partial charge in [-0.15, -0.1) is 0 Å². The quantitative estimate of drug-likeness (QED) is 0.895. The van der Waals surface area contributed by atoms with Crippen LogP contribution in [0.15, 0.2) is 48.5 Å². The Hall–Kier alpha value is -2.13. The van der Waals surface area contributed by atoms with Crippen LogP contribution in [-0.2, 0) is 0 Å². The standard InChI is InChI=1S/C17H17NO2/c19-17(20)15-7-2-5-13(11-15)12-4-1-6-14(10-12)16-8-3-9-18-16/h1-2,4-7,10-11,16,18H,3,8-9H2,(H,19,20). The average Bonchev–Trinajstić information content (AvgIpc) is 3.02. The summed E-state index contributed by atoms with van der Waals surface area (Å²) in [4.78, 5) is 11.1. The maximum Gasteiger partial charge on any atom is 0.335 e. The summed E-state index contributed by atoms with van der Waals surface area (Å²) in [5, 5.41) is 12.6. The van der Waals surface area contributed by atoms with Gasteiger partial charge in [-0.25, -0.2) is 4.79 Å². The molecule has 1 atom stereocenters. The monoisotopic (exact) mass is 267 g/mol. The van der Waals surface area contributed by atoms with E-state index in [0.717, 1.165) is 17.7 Å². The molecule has 0 aromatic heterocycles. The van der Waals surface area contributed by atoms with E-state index in [2.05, 4.69) is 17.4 Å². The number of nitrogens with one attached hydrogen (secondary N) is 1. The maximum atomic E-state index is 11.1. The van der Waals surface area contributed by atoms with Crippen LogP contribution in [0.25, 0.3) is 11.1 Å². The Morgan fingerprint density at radius 1 is 1.10 bits per heavy atom. The minimum atomic E-state index is -0.888. The van der Waals surface area contributed by atoms with Crippen LogP contribution in [0.4, 0.5) is 0 Å². The molecule has 2 aromatic carbocycles. The smallest absolute Gasteiger partial charge is 0.335 e. The molecule has 3 rings (SSSR count). The summed E-state index contributed by atoms with van der Waals surface area (Å²) in [6, 6.07) is 15.9. The number of hydrogen-bond donors (Lipinski definition) is 2. The highest BCUT2D eigenvalue weighted by Gasteiger charge is 2.16. The number of carboxylic acid groups (broad SMARTS) is 1. The normalized spacial score (nSPS) is 18.1. The highest BCUT2D eigenvalue weighted by molar-refractivity contribution is 5.89. The summed E-state index contributed by atoms with van der Waals surface area (Å²) in [5.41, 5.74) is 3.62. The topological polar surface area (TPSA) is 49.3 Å². The molecule has 0 bridgehead atoms. The lowest BCUT2D eigenvalue weighted by atomic mass is 9.98. The highest BCUT2D eigenvalue weighted by Crippen LogP contribution is 2.28. The van der Waals surface area contributed by atoms with Crippen LogP contribution in [0.1, 0.15) is 34.8 Å². The lowest BCUT2D eigenvalue weighted by Gasteiger charge is -2.12. The van der Waals surface area contributed by atoms with Gasteiger partial charge in [0.1, 0.15) is 0 Å². The van der Waals surface area contributed by atoms with Gasteiger partial charge in [0.25, 0.3) is 0 Å². The molecule has 20 heavy (non-hydrogen) atoms. The number of benzene rings is 2. The fraction of sp³-hybridized carbons (Fsp3) is 0.235. The fourth-order valence-electron chi connectivity index (χ4n) is 2.74. The number of carbonyl (C=O) groups is 1. The molecule has 1 fully saturated rings. The van der Waals surface area contributed by atoms with E-state index < -0.39 is 5.97 Å². The van der Waals surface area contributed by atoms with Crippen molar-refractivity contribution < 1.29 is 9.90 Å². The molecule has 1 unspecified atom stereocenters. The zero-order valence-corrected chi connectivity index (χ0v) is 11.2. The minimum absolute atomic E-state index is 0.326. The average molecular weight is 267 g/mol. The molecule has 3 heteroatoms. The van der Waals surface area contributed by atoms with Gasteiger partial charge < -0.3 is 10.4 Å².